The molecule has 1 N–H and O–H groups in total. The van der Waals surface area contributed by atoms with Gasteiger partial charge in [0.05, 0.1) is 13.2 Å². The largest absolute Gasteiger partial charge is 0.383 e. The molecule has 0 aromatic rings. The van der Waals surface area contributed by atoms with Crippen LogP contribution in [0.15, 0.2) is 4.99 Å². The molecular weight excluding hydrogens is 419 g/mol. The van der Waals surface area contributed by atoms with E-state index in [9.17, 15) is 0 Å². The molecule has 6 nitrogen and oxygen atoms in total. The number of likely N-dealkylation sites (tertiary alicyclic amines) is 1. The molecule has 2 saturated heterocycles. The van der Waals surface area contributed by atoms with Crippen molar-refractivity contribution in [1.29, 1.82) is 0 Å². The number of halogens is 1. The molecule has 0 amide bonds. The summed E-state index contributed by atoms with van der Waals surface area (Å²) in [5.74, 6) is 1.08. The molecule has 0 bridgehead atoms. The Hall–Kier alpha value is -0.120. The predicted octanol–water partition coefficient (Wildman–Crippen LogP) is 1.65. The molecule has 0 radical (unpaired) electrons. The van der Waals surface area contributed by atoms with Gasteiger partial charge in [0, 0.05) is 51.9 Å². The van der Waals surface area contributed by atoms with Gasteiger partial charge in [0.25, 0.3) is 0 Å². The van der Waals surface area contributed by atoms with E-state index in [2.05, 4.69) is 29.1 Å². The smallest absolute Gasteiger partial charge is 0.193 e. The van der Waals surface area contributed by atoms with Gasteiger partial charge in [0.2, 0.25) is 0 Å². The Morgan fingerprint density at radius 2 is 2.21 bits per heavy atom. The molecule has 1 atom stereocenters. The summed E-state index contributed by atoms with van der Waals surface area (Å²) in [5.41, 5.74) is 0.385. The number of aliphatic imine (C=N–C) groups is 1. The summed E-state index contributed by atoms with van der Waals surface area (Å²) >= 11 is 0. The van der Waals surface area contributed by atoms with Crippen molar-refractivity contribution in [2.75, 3.05) is 73.2 Å². The van der Waals surface area contributed by atoms with Crippen molar-refractivity contribution in [1.82, 2.24) is 15.1 Å². The topological polar surface area (TPSA) is 49.3 Å². The quantitative estimate of drug-likeness (QED) is 0.262. The Kier molecular flexibility index (Phi) is 10.5. The van der Waals surface area contributed by atoms with Crippen LogP contribution in [-0.4, -0.2) is 89.0 Å². The molecule has 2 aliphatic rings. The van der Waals surface area contributed by atoms with E-state index in [-0.39, 0.29) is 24.0 Å². The first-order valence-electron chi connectivity index (χ1n) is 8.97. The van der Waals surface area contributed by atoms with Crippen molar-refractivity contribution >= 4 is 29.9 Å². The lowest BCUT2D eigenvalue weighted by molar-refractivity contribution is 0.156. The molecule has 142 valence electrons. The minimum absolute atomic E-state index is 0. The molecule has 0 aliphatic carbocycles. The van der Waals surface area contributed by atoms with Crippen LogP contribution in [0.4, 0.5) is 0 Å². The summed E-state index contributed by atoms with van der Waals surface area (Å²) in [6.07, 6.45) is 3.52. The maximum atomic E-state index is 5.62. The average molecular weight is 454 g/mol. The fourth-order valence-corrected chi connectivity index (χ4v) is 3.40. The van der Waals surface area contributed by atoms with Gasteiger partial charge in [-0.2, -0.15) is 0 Å². The van der Waals surface area contributed by atoms with Crippen LogP contribution in [0.2, 0.25) is 0 Å². The van der Waals surface area contributed by atoms with Gasteiger partial charge in [-0.15, -0.1) is 24.0 Å². The van der Waals surface area contributed by atoms with Crippen LogP contribution in [0.3, 0.4) is 0 Å². The third-order valence-electron chi connectivity index (χ3n) is 4.89. The normalized spacial score (nSPS) is 24.0. The van der Waals surface area contributed by atoms with Crippen LogP contribution in [0.1, 0.15) is 26.2 Å². The number of nitrogens with zero attached hydrogens (tertiary/aromatic N) is 3. The van der Waals surface area contributed by atoms with Crippen molar-refractivity contribution in [3.8, 4) is 0 Å². The minimum Gasteiger partial charge on any atom is -0.383 e. The van der Waals surface area contributed by atoms with Gasteiger partial charge in [-0.3, -0.25) is 4.99 Å². The number of methoxy groups -OCH3 is 1. The highest BCUT2D eigenvalue weighted by atomic mass is 127. The summed E-state index contributed by atoms with van der Waals surface area (Å²) in [6.45, 7) is 10.8. The fraction of sp³-hybridized carbons (Fsp3) is 0.941. The minimum atomic E-state index is 0. The second-order valence-electron chi connectivity index (χ2n) is 6.86. The maximum Gasteiger partial charge on any atom is 0.193 e. The van der Waals surface area contributed by atoms with Gasteiger partial charge in [0.15, 0.2) is 5.96 Å². The van der Waals surface area contributed by atoms with Crippen molar-refractivity contribution in [3.63, 3.8) is 0 Å². The molecule has 0 saturated carbocycles. The van der Waals surface area contributed by atoms with Crippen molar-refractivity contribution in [2.45, 2.75) is 26.2 Å². The van der Waals surface area contributed by atoms with Gasteiger partial charge in [-0.1, -0.05) is 0 Å². The van der Waals surface area contributed by atoms with Gasteiger partial charge < -0.3 is 24.6 Å². The number of guanidine groups is 1. The maximum absolute atomic E-state index is 5.62. The Morgan fingerprint density at radius 1 is 1.38 bits per heavy atom. The highest BCUT2D eigenvalue weighted by molar-refractivity contribution is 14.0. The molecule has 2 fully saturated rings. The summed E-state index contributed by atoms with van der Waals surface area (Å²) < 4.78 is 10.7. The van der Waals surface area contributed by atoms with Crippen LogP contribution in [-0.2, 0) is 9.47 Å². The zero-order chi connectivity index (χ0) is 16.5. The second-order valence-corrected chi connectivity index (χ2v) is 6.86. The number of likely N-dealkylation sites (N-methyl/N-ethyl adjacent to an activating group) is 1. The Balaban J connectivity index is 0.00000288. The third-order valence-corrected chi connectivity index (χ3v) is 4.89. The van der Waals surface area contributed by atoms with E-state index >= 15 is 0 Å². The number of rotatable bonds is 8. The van der Waals surface area contributed by atoms with Crippen LogP contribution in [0, 0.1) is 5.41 Å². The summed E-state index contributed by atoms with van der Waals surface area (Å²) in [7, 11) is 3.89. The molecule has 0 aromatic heterocycles. The van der Waals surface area contributed by atoms with E-state index in [0.29, 0.717) is 5.41 Å². The number of nitrogens with one attached hydrogen (secondary N) is 1. The number of ether oxygens (including phenoxy) is 2. The van der Waals surface area contributed by atoms with E-state index in [4.69, 9.17) is 14.5 Å². The Labute approximate surface area is 164 Å². The molecule has 1 unspecified atom stereocenters. The summed E-state index contributed by atoms with van der Waals surface area (Å²) in [4.78, 5) is 9.56. The zero-order valence-electron chi connectivity index (χ0n) is 15.6. The molecule has 7 heteroatoms. The number of hydrogen-bond acceptors (Lipinski definition) is 4. The first-order chi connectivity index (χ1) is 11.2. The van der Waals surface area contributed by atoms with E-state index in [1.165, 1.54) is 12.8 Å². The second kappa shape index (κ2) is 11.5. The van der Waals surface area contributed by atoms with Crippen LogP contribution < -0.4 is 5.32 Å². The van der Waals surface area contributed by atoms with Crippen LogP contribution >= 0.6 is 24.0 Å². The molecule has 2 rings (SSSR count). The van der Waals surface area contributed by atoms with Gasteiger partial charge in [-0.25, -0.2) is 0 Å². The standard InChI is InChI=1S/C17H34N4O2.HI/c1-4-18-16(19-8-5-9-20(2)11-13-22-3)21-10-6-17(14-21)7-12-23-15-17;/h4-15H2,1-3H3,(H,18,19);1H. The first kappa shape index (κ1) is 21.9. The van der Waals surface area contributed by atoms with Gasteiger partial charge in [0.1, 0.15) is 0 Å². The van der Waals surface area contributed by atoms with E-state index < -0.39 is 0 Å². The van der Waals surface area contributed by atoms with Crippen LogP contribution in [0.5, 0.6) is 0 Å². The summed E-state index contributed by atoms with van der Waals surface area (Å²) in [5, 5.41) is 3.45. The SMILES string of the molecule is CCNC(=NCCCN(C)CCOC)N1CCC2(CCOC2)C1.I. The third kappa shape index (κ3) is 6.65. The van der Waals surface area contributed by atoms with Gasteiger partial charge in [-0.05, 0) is 39.8 Å². The Bertz CT molecular complexity index is 376. The van der Waals surface area contributed by atoms with Crippen molar-refractivity contribution in [2.24, 2.45) is 10.4 Å². The molecular formula is C17H35IN4O2. The number of hydrogen-bond donors (Lipinski definition) is 1. The lowest BCUT2D eigenvalue weighted by atomic mass is 9.87. The molecule has 2 heterocycles. The molecule has 1 spiro atoms. The molecule has 2 aliphatic heterocycles. The van der Waals surface area contributed by atoms with E-state index in [1.54, 1.807) is 7.11 Å². The predicted molar refractivity (Wildman–Crippen MR) is 109 cm³/mol. The monoisotopic (exact) mass is 454 g/mol. The molecule has 0 aromatic carbocycles. The summed E-state index contributed by atoms with van der Waals surface area (Å²) in [6, 6.07) is 0. The lowest BCUT2D eigenvalue weighted by Gasteiger charge is -2.25. The van der Waals surface area contributed by atoms with E-state index in [1.807, 2.05) is 0 Å². The average Bonchev–Trinajstić information content (AvgIpc) is 3.19. The van der Waals surface area contributed by atoms with Gasteiger partial charge >= 0.3 is 0 Å². The van der Waals surface area contributed by atoms with Crippen molar-refractivity contribution in [3.05, 3.63) is 0 Å². The zero-order valence-corrected chi connectivity index (χ0v) is 17.9. The lowest BCUT2D eigenvalue weighted by Crippen LogP contribution is -2.41. The highest BCUT2D eigenvalue weighted by Gasteiger charge is 2.42. The fourth-order valence-electron chi connectivity index (χ4n) is 3.40. The van der Waals surface area contributed by atoms with Crippen molar-refractivity contribution < 1.29 is 9.47 Å². The first-order valence-corrected chi connectivity index (χ1v) is 8.97. The molecule has 24 heavy (non-hydrogen) atoms. The Morgan fingerprint density at radius 3 is 2.88 bits per heavy atom. The highest BCUT2D eigenvalue weighted by Crippen LogP contribution is 2.38. The van der Waals surface area contributed by atoms with Crippen LogP contribution in [0.25, 0.3) is 0 Å². The van der Waals surface area contributed by atoms with E-state index in [0.717, 1.165) is 71.5 Å².